The molecule has 2 aromatic rings. The zero-order valence-electron chi connectivity index (χ0n) is 12.0. The number of carbonyl (C=O) groups is 1. The summed E-state index contributed by atoms with van der Waals surface area (Å²) in [6, 6.07) is 7.12. The number of aryl methyl sites for hydroxylation is 1. The smallest absolute Gasteiger partial charge is 0.257 e. The summed E-state index contributed by atoms with van der Waals surface area (Å²) in [7, 11) is 0. The summed E-state index contributed by atoms with van der Waals surface area (Å²) in [5.74, 6) is 1.00. The summed E-state index contributed by atoms with van der Waals surface area (Å²) < 4.78 is 0.744. The van der Waals surface area contributed by atoms with Crippen LogP contribution in [0.3, 0.4) is 0 Å². The first-order valence-electron chi connectivity index (χ1n) is 6.74. The lowest BCUT2D eigenvalue weighted by Crippen LogP contribution is -2.14. The van der Waals surface area contributed by atoms with Gasteiger partial charge >= 0.3 is 0 Å². The Hall–Kier alpha value is -1.95. The number of halogens is 1. The van der Waals surface area contributed by atoms with Gasteiger partial charge in [-0.15, -0.1) is 0 Å². The van der Waals surface area contributed by atoms with Crippen LogP contribution in [0, 0.1) is 6.92 Å². The minimum Gasteiger partial charge on any atom is -0.370 e. The van der Waals surface area contributed by atoms with Crippen molar-refractivity contribution in [1.82, 2.24) is 9.97 Å². The number of anilines is 2. The Morgan fingerprint density at radius 2 is 2.19 bits per heavy atom. The van der Waals surface area contributed by atoms with Crippen LogP contribution in [0.4, 0.5) is 11.6 Å². The van der Waals surface area contributed by atoms with E-state index in [2.05, 4.69) is 43.5 Å². The van der Waals surface area contributed by atoms with Crippen LogP contribution >= 0.6 is 15.9 Å². The maximum atomic E-state index is 12.3. The van der Waals surface area contributed by atoms with Gasteiger partial charge in [0, 0.05) is 24.0 Å². The molecule has 0 radical (unpaired) electrons. The van der Waals surface area contributed by atoms with Crippen molar-refractivity contribution in [2.75, 3.05) is 17.2 Å². The third kappa shape index (κ3) is 4.26. The second kappa shape index (κ2) is 7.17. The van der Waals surface area contributed by atoms with Crippen molar-refractivity contribution in [2.24, 2.45) is 0 Å². The van der Waals surface area contributed by atoms with E-state index < -0.39 is 0 Å². The van der Waals surface area contributed by atoms with Gasteiger partial charge in [0.25, 0.3) is 5.91 Å². The van der Waals surface area contributed by atoms with E-state index in [4.69, 9.17) is 0 Å². The molecule has 1 amide bonds. The van der Waals surface area contributed by atoms with Crippen molar-refractivity contribution < 1.29 is 4.79 Å². The summed E-state index contributed by atoms with van der Waals surface area (Å²) >= 11 is 3.36. The molecule has 6 heteroatoms. The van der Waals surface area contributed by atoms with Crippen molar-refractivity contribution in [2.45, 2.75) is 20.3 Å². The van der Waals surface area contributed by atoms with E-state index in [9.17, 15) is 4.79 Å². The van der Waals surface area contributed by atoms with E-state index in [0.717, 1.165) is 23.1 Å². The maximum Gasteiger partial charge on any atom is 0.257 e. The zero-order valence-corrected chi connectivity index (χ0v) is 13.6. The van der Waals surface area contributed by atoms with Gasteiger partial charge in [-0.25, -0.2) is 9.97 Å². The van der Waals surface area contributed by atoms with Gasteiger partial charge in [-0.2, -0.15) is 0 Å². The van der Waals surface area contributed by atoms with Crippen LogP contribution in [0.25, 0.3) is 0 Å². The summed E-state index contributed by atoms with van der Waals surface area (Å²) in [5, 5.41) is 5.97. The molecule has 21 heavy (non-hydrogen) atoms. The summed E-state index contributed by atoms with van der Waals surface area (Å²) in [5.41, 5.74) is 1.35. The molecule has 0 aliphatic carbocycles. The van der Waals surface area contributed by atoms with Gasteiger partial charge in [-0.05, 0) is 53.5 Å². The molecule has 2 heterocycles. The summed E-state index contributed by atoms with van der Waals surface area (Å²) in [6.45, 7) is 4.77. The number of hydrogen-bond acceptors (Lipinski definition) is 4. The number of rotatable bonds is 5. The Bertz CT molecular complexity index is 645. The van der Waals surface area contributed by atoms with Crippen molar-refractivity contribution >= 4 is 33.5 Å². The van der Waals surface area contributed by atoms with Crippen LogP contribution in [-0.4, -0.2) is 22.4 Å². The number of nitrogens with one attached hydrogen (secondary N) is 2. The molecule has 110 valence electrons. The first kappa shape index (κ1) is 15.4. The zero-order chi connectivity index (χ0) is 15.2. The highest BCUT2D eigenvalue weighted by Crippen LogP contribution is 2.19. The number of nitrogens with zero attached hydrogens (tertiary/aromatic N) is 2. The molecule has 0 aliphatic heterocycles. The van der Waals surface area contributed by atoms with Crippen molar-refractivity contribution in [1.29, 1.82) is 0 Å². The third-order valence-corrected chi connectivity index (χ3v) is 3.40. The summed E-state index contributed by atoms with van der Waals surface area (Å²) in [6.07, 6.45) is 2.63. The molecule has 2 N–H and O–H groups in total. The molecule has 2 rings (SSSR count). The normalized spacial score (nSPS) is 10.2. The maximum absolute atomic E-state index is 12.3. The van der Waals surface area contributed by atoms with Gasteiger partial charge in [-0.3, -0.25) is 4.79 Å². The van der Waals surface area contributed by atoms with Gasteiger partial charge in [0.15, 0.2) is 0 Å². The highest BCUT2D eigenvalue weighted by molar-refractivity contribution is 9.10. The van der Waals surface area contributed by atoms with Gasteiger partial charge in [0.2, 0.25) is 0 Å². The molecule has 0 fully saturated rings. The Morgan fingerprint density at radius 3 is 2.90 bits per heavy atom. The van der Waals surface area contributed by atoms with Gasteiger partial charge in [0.05, 0.1) is 4.47 Å². The Labute approximate surface area is 132 Å². The minimum atomic E-state index is -0.209. The molecular formula is C15H17BrN4O. The van der Waals surface area contributed by atoms with E-state index in [1.165, 1.54) is 0 Å². The first-order chi connectivity index (χ1) is 10.1. The molecule has 0 atom stereocenters. The number of pyridine rings is 2. The lowest BCUT2D eigenvalue weighted by molar-refractivity contribution is 0.102. The van der Waals surface area contributed by atoms with Crippen molar-refractivity contribution in [3.8, 4) is 0 Å². The molecule has 0 bridgehead atoms. The Morgan fingerprint density at radius 1 is 1.38 bits per heavy atom. The fourth-order valence-electron chi connectivity index (χ4n) is 1.80. The molecule has 5 nitrogen and oxygen atoms in total. The number of aromatic nitrogens is 2. The standard InChI is InChI=1S/C15H17BrN4O/c1-3-6-17-13-9-11(8-10(2)19-13)15(21)20-14-12(16)5-4-7-18-14/h4-5,7-9H,3,6H2,1-2H3,(H,17,19)(H,18,20,21). The average molecular weight is 349 g/mol. The first-order valence-corrected chi connectivity index (χ1v) is 7.54. The second-order valence-corrected chi connectivity index (χ2v) is 5.45. The van der Waals surface area contributed by atoms with Crippen molar-refractivity contribution in [3.63, 3.8) is 0 Å². The fraction of sp³-hybridized carbons (Fsp3) is 0.267. The molecule has 0 spiro atoms. The highest BCUT2D eigenvalue weighted by Gasteiger charge is 2.11. The van der Waals surface area contributed by atoms with Crippen LogP contribution in [-0.2, 0) is 0 Å². The SMILES string of the molecule is CCCNc1cc(C(=O)Nc2ncccc2Br)cc(C)n1. The van der Waals surface area contributed by atoms with Crippen LogP contribution in [0.5, 0.6) is 0 Å². The molecule has 0 aromatic carbocycles. The van der Waals surface area contributed by atoms with Gasteiger partial charge in [-0.1, -0.05) is 6.92 Å². The van der Waals surface area contributed by atoms with Crippen LogP contribution in [0.1, 0.15) is 29.4 Å². The van der Waals surface area contributed by atoms with Gasteiger partial charge in [0.1, 0.15) is 11.6 Å². The van der Waals surface area contributed by atoms with E-state index >= 15 is 0 Å². The third-order valence-electron chi connectivity index (χ3n) is 2.76. The van der Waals surface area contributed by atoms with E-state index in [0.29, 0.717) is 17.2 Å². The van der Waals surface area contributed by atoms with Gasteiger partial charge < -0.3 is 10.6 Å². The van der Waals surface area contributed by atoms with Crippen LogP contribution < -0.4 is 10.6 Å². The molecular weight excluding hydrogens is 332 g/mol. The van der Waals surface area contributed by atoms with Crippen LogP contribution in [0.2, 0.25) is 0 Å². The average Bonchev–Trinajstić information content (AvgIpc) is 2.47. The minimum absolute atomic E-state index is 0.209. The lowest BCUT2D eigenvalue weighted by Gasteiger charge is -2.09. The Balaban J connectivity index is 2.19. The monoisotopic (exact) mass is 348 g/mol. The molecule has 0 unspecified atom stereocenters. The molecule has 0 saturated heterocycles. The topological polar surface area (TPSA) is 66.9 Å². The fourth-order valence-corrected chi connectivity index (χ4v) is 2.15. The van der Waals surface area contributed by atoms with Crippen LogP contribution in [0.15, 0.2) is 34.9 Å². The second-order valence-electron chi connectivity index (χ2n) is 4.60. The quantitative estimate of drug-likeness (QED) is 0.865. The van der Waals surface area contributed by atoms with E-state index in [-0.39, 0.29) is 5.91 Å². The van der Waals surface area contributed by atoms with E-state index in [1.807, 2.05) is 13.0 Å². The predicted molar refractivity (Wildman–Crippen MR) is 87.6 cm³/mol. The lowest BCUT2D eigenvalue weighted by atomic mass is 10.2. The Kier molecular flexibility index (Phi) is 5.27. The molecule has 0 aliphatic rings. The number of amides is 1. The van der Waals surface area contributed by atoms with Crippen molar-refractivity contribution in [3.05, 3.63) is 46.2 Å². The van der Waals surface area contributed by atoms with E-state index in [1.54, 1.807) is 24.4 Å². The largest absolute Gasteiger partial charge is 0.370 e. The summed E-state index contributed by atoms with van der Waals surface area (Å²) in [4.78, 5) is 20.8. The number of hydrogen-bond donors (Lipinski definition) is 2. The molecule has 0 saturated carbocycles. The highest BCUT2D eigenvalue weighted by atomic mass is 79.9. The molecule has 2 aromatic heterocycles. The number of carbonyl (C=O) groups excluding carboxylic acids is 1. The predicted octanol–water partition coefficient (Wildman–Crippen LogP) is 3.62.